The molecule has 30 heavy (non-hydrogen) atoms. The summed E-state index contributed by atoms with van der Waals surface area (Å²) in [5.74, 6) is 2.08. The van der Waals surface area contributed by atoms with Gasteiger partial charge in [0.05, 0.1) is 5.69 Å². The number of benzene rings is 1. The average molecular weight is 401 g/mol. The fraction of sp³-hybridized carbons (Fsp3) is 0.462. The lowest BCUT2D eigenvalue weighted by Gasteiger charge is -2.28. The van der Waals surface area contributed by atoms with Crippen molar-refractivity contribution in [3.05, 3.63) is 53.5 Å². The molecule has 4 nitrogen and oxygen atoms in total. The van der Waals surface area contributed by atoms with Crippen LogP contribution in [0.3, 0.4) is 0 Å². The van der Waals surface area contributed by atoms with E-state index in [0.29, 0.717) is 11.8 Å². The Kier molecular flexibility index (Phi) is 4.88. The van der Waals surface area contributed by atoms with Crippen molar-refractivity contribution in [3.8, 4) is 11.3 Å². The van der Waals surface area contributed by atoms with Crippen molar-refractivity contribution in [2.45, 2.75) is 71.6 Å². The number of fused-ring (bicyclic) bond motifs is 2. The highest BCUT2D eigenvalue weighted by Gasteiger charge is 2.23. The van der Waals surface area contributed by atoms with Crippen LogP contribution in [0.15, 0.2) is 36.8 Å². The molecule has 0 saturated heterocycles. The first-order chi connectivity index (χ1) is 14.5. The lowest BCUT2D eigenvalue weighted by atomic mass is 9.77. The number of H-pyrrole nitrogens is 1. The molecule has 0 amide bonds. The Hall–Kier alpha value is -2.62. The van der Waals surface area contributed by atoms with Gasteiger partial charge in [0.2, 0.25) is 0 Å². The molecule has 156 valence electrons. The van der Waals surface area contributed by atoms with Crippen molar-refractivity contribution >= 4 is 16.6 Å². The zero-order valence-electron chi connectivity index (χ0n) is 18.6. The summed E-state index contributed by atoms with van der Waals surface area (Å²) in [6.45, 7) is 9.04. The highest BCUT2D eigenvalue weighted by atomic mass is 15.3. The van der Waals surface area contributed by atoms with Crippen LogP contribution >= 0.6 is 0 Å². The third-order valence-corrected chi connectivity index (χ3v) is 7.18. The van der Waals surface area contributed by atoms with Crippen LogP contribution in [-0.4, -0.2) is 19.6 Å². The molecule has 4 aromatic rings. The van der Waals surface area contributed by atoms with Gasteiger partial charge in [-0.1, -0.05) is 33.3 Å². The van der Waals surface area contributed by atoms with Crippen molar-refractivity contribution in [1.82, 2.24) is 19.6 Å². The molecular formula is C26H32N4. The molecule has 4 heteroatoms. The van der Waals surface area contributed by atoms with Gasteiger partial charge in [0, 0.05) is 22.7 Å². The van der Waals surface area contributed by atoms with Crippen LogP contribution in [0.25, 0.3) is 27.8 Å². The largest absolute Gasteiger partial charge is 0.354 e. The maximum absolute atomic E-state index is 4.37. The fourth-order valence-corrected chi connectivity index (χ4v) is 5.45. The first kappa shape index (κ1) is 19.3. The summed E-state index contributed by atoms with van der Waals surface area (Å²) >= 11 is 0. The number of aromatic amines is 1. The lowest BCUT2D eigenvalue weighted by Crippen LogP contribution is -2.12. The molecule has 1 fully saturated rings. The van der Waals surface area contributed by atoms with E-state index in [-0.39, 0.29) is 0 Å². The molecule has 0 bridgehead atoms. The van der Waals surface area contributed by atoms with E-state index in [4.69, 9.17) is 0 Å². The van der Waals surface area contributed by atoms with Gasteiger partial charge >= 0.3 is 0 Å². The Labute approximate surface area is 178 Å². The third-order valence-electron chi connectivity index (χ3n) is 7.18. The number of hydrogen-bond donors (Lipinski definition) is 1. The van der Waals surface area contributed by atoms with Gasteiger partial charge in [-0.25, -0.2) is 9.50 Å². The fourth-order valence-electron chi connectivity index (χ4n) is 5.45. The van der Waals surface area contributed by atoms with E-state index in [1.807, 2.05) is 4.52 Å². The Balaban J connectivity index is 1.60. The Morgan fingerprint density at radius 2 is 1.93 bits per heavy atom. The maximum atomic E-state index is 4.37. The molecule has 0 aliphatic heterocycles. The number of hydrogen-bond acceptors (Lipinski definition) is 2. The van der Waals surface area contributed by atoms with Crippen molar-refractivity contribution in [2.24, 2.45) is 5.92 Å². The van der Waals surface area contributed by atoms with Gasteiger partial charge in [-0.3, -0.25) is 0 Å². The molecule has 0 unspecified atom stereocenters. The van der Waals surface area contributed by atoms with E-state index in [9.17, 15) is 0 Å². The monoisotopic (exact) mass is 400 g/mol. The van der Waals surface area contributed by atoms with Crippen LogP contribution in [0, 0.1) is 12.8 Å². The molecule has 5 rings (SSSR count). The second kappa shape index (κ2) is 7.57. The van der Waals surface area contributed by atoms with E-state index in [1.165, 1.54) is 65.4 Å². The third kappa shape index (κ3) is 3.23. The molecule has 1 N–H and O–H groups in total. The van der Waals surface area contributed by atoms with Gasteiger partial charge in [0.15, 0.2) is 5.65 Å². The van der Waals surface area contributed by atoms with Crippen LogP contribution in [0.1, 0.15) is 81.4 Å². The van der Waals surface area contributed by atoms with Crippen LogP contribution in [0.2, 0.25) is 0 Å². The summed E-state index contributed by atoms with van der Waals surface area (Å²) in [5.41, 5.74) is 8.62. The van der Waals surface area contributed by atoms with Crippen LogP contribution in [0.4, 0.5) is 0 Å². The molecule has 0 atom stereocenters. The second-order valence-electron chi connectivity index (χ2n) is 9.44. The summed E-state index contributed by atoms with van der Waals surface area (Å²) in [6, 6.07) is 9.36. The van der Waals surface area contributed by atoms with Crippen LogP contribution in [0.5, 0.6) is 0 Å². The number of aromatic nitrogens is 4. The predicted octanol–water partition coefficient (Wildman–Crippen LogP) is 6.99. The van der Waals surface area contributed by atoms with Crippen LogP contribution in [-0.2, 0) is 0 Å². The summed E-state index contributed by atoms with van der Waals surface area (Å²) in [4.78, 5) is 8.10. The minimum Gasteiger partial charge on any atom is -0.354 e. The zero-order valence-corrected chi connectivity index (χ0v) is 18.6. The summed E-state index contributed by atoms with van der Waals surface area (Å²) in [5, 5.41) is 5.76. The highest BCUT2D eigenvalue weighted by molar-refractivity contribution is 5.92. The molecular weight excluding hydrogens is 368 g/mol. The van der Waals surface area contributed by atoms with Crippen molar-refractivity contribution in [2.75, 3.05) is 0 Å². The standard InChI is InChI=1S/C26H32N4/c1-5-18-6-8-19(9-7-18)20-10-11-23-22(13-20)24(16(2)3)25(29-23)21-12-17(4)26-27-15-28-30(26)14-21/h10-16,18-19,29H,5-9H2,1-4H3. The van der Waals surface area contributed by atoms with E-state index in [0.717, 1.165) is 17.1 Å². The number of nitrogens with zero attached hydrogens (tertiary/aromatic N) is 3. The molecule has 3 heterocycles. The first-order valence-corrected chi connectivity index (χ1v) is 11.5. The Morgan fingerprint density at radius 1 is 1.13 bits per heavy atom. The van der Waals surface area contributed by atoms with Gasteiger partial charge < -0.3 is 4.98 Å². The minimum absolute atomic E-state index is 0.437. The van der Waals surface area contributed by atoms with Crippen LogP contribution < -0.4 is 0 Å². The lowest BCUT2D eigenvalue weighted by molar-refractivity contribution is 0.319. The Bertz CT molecular complexity index is 1190. The minimum atomic E-state index is 0.437. The maximum Gasteiger partial charge on any atom is 0.158 e. The number of rotatable bonds is 4. The number of pyridine rings is 1. The van der Waals surface area contributed by atoms with Gasteiger partial charge in [0.1, 0.15) is 6.33 Å². The normalized spacial score (nSPS) is 19.9. The van der Waals surface area contributed by atoms with E-state index < -0.39 is 0 Å². The van der Waals surface area contributed by atoms with E-state index >= 15 is 0 Å². The summed E-state index contributed by atoms with van der Waals surface area (Å²) in [6.07, 6.45) is 10.5. The smallest absolute Gasteiger partial charge is 0.158 e. The van der Waals surface area contributed by atoms with Gasteiger partial charge in [0.25, 0.3) is 0 Å². The molecule has 1 aromatic carbocycles. The SMILES string of the molecule is CCC1CCC(c2ccc3[nH]c(-c4cc(C)c5ncnn5c4)c(C(C)C)c3c2)CC1. The molecule has 1 aliphatic rings. The molecule has 0 radical (unpaired) electrons. The average Bonchev–Trinajstić information content (AvgIpc) is 3.38. The van der Waals surface area contributed by atoms with Gasteiger partial charge in [-0.15, -0.1) is 0 Å². The molecule has 0 spiro atoms. The van der Waals surface area contributed by atoms with E-state index in [1.54, 1.807) is 6.33 Å². The first-order valence-electron chi connectivity index (χ1n) is 11.5. The predicted molar refractivity (Wildman–Crippen MR) is 124 cm³/mol. The number of nitrogens with one attached hydrogen (secondary N) is 1. The Morgan fingerprint density at radius 3 is 2.67 bits per heavy atom. The van der Waals surface area contributed by atoms with E-state index in [2.05, 4.69) is 73.2 Å². The summed E-state index contributed by atoms with van der Waals surface area (Å²) in [7, 11) is 0. The molecule has 3 aromatic heterocycles. The molecule has 1 aliphatic carbocycles. The van der Waals surface area contributed by atoms with Crippen molar-refractivity contribution in [1.29, 1.82) is 0 Å². The van der Waals surface area contributed by atoms with Gasteiger partial charge in [-0.2, -0.15) is 5.10 Å². The second-order valence-corrected chi connectivity index (χ2v) is 9.44. The highest BCUT2D eigenvalue weighted by Crippen LogP contribution is 2.41. The summed E-state index contributed by atoms with van der Waals surface area (Å²) < 4.78 is 1.89. The number of aryl methyl sites for hydroxylation is 1. The van der Waals surface area contributed by atoms with Crippen molar-refractivity contribution in [3.63, 3.8) is 0 Å². The van der Waals surface area contributed by atoms with Gasteiger partial charge in [-0.05, 0) is 85.3 Å². The zero-order chi connectivity index (χ0) is 20.8. The quantitative estimate of drug-likeness (QED) is 0.401. The topological polar surface area (TPSA) is 46.0 Å². The molecule has 1 saturated carbocycles. The van der Waals surface area contributed by atoms with Crippen molar-refractivity contribution < 1.29 is 0 Å².